The van der Waals surface area contributed by atoms with Gasteiger partial charge in [-0.05, 0) is 11.1 Å². The Labute approximate surface area is 87.2 Å². The van der Waals surface area contributed by atoms with Crippen molar-refractivity contribution in [3.63, 3.8) is 0 Å². The van der Waals surface area contributed by atoms with Gasteiger partial charge in [0.15, 0.2) is 0 Å². The molecule has 1 aromatic carbocycles. The molecule has 0 nitrogen and oxygen atoms in total. The van der Waals surface area contributed by atoms with Crippen LogP contribution in [0.3, 0.4) is 0 Å². The Bertz CT molecular complexity index is 179. The monoisotopic (exact) mass is 286 g/mol. The number of hydrogen-bond acceptors (Lipinski definition) is 0. The van der Waals surface area contributed by atoms with Crippen molar-refractivity contribution in [2.24, 2.45) is 0 Å². The van der Waals surface area contributed by atoms with Gasteiger partial charge in [-0.25, -0.2) is 4.39 Å². The zero-order chi connectivity index (χ0) is 8.85. The van der Waals surface area contributed by atoms with Crippen LogP contribution >= 0.6 is 25.2 Å². The van der Waals surface area contributed by atoms with E-state index in [0.29, 0.717) is 10.6 Å². The Hall–Kier alpha value is 0.413. The fourth-order valence-corrected chi connectivity index (χ4v) is 0.855. The van der Waals surface area contributed by atoms with Gasteiger partial charge in [0.05, 0.1) is 5.82 Å². The second-order valence-corrected chi connectivity index (χ2v) is 2.21. The van der Waals surface area contributed by atoms with Crippen LogP contribution in [0.25, 0.3) is 0 Å². The summed E-state index contributed by atoms with van der Waals surface area (Å²) in [6.07, 6.45) is 0. The van der Waals surface area contributed by atoms with Crippen molar-refractivity contribution in [1.82, 2.24) is 0 Å². The van der Waals surface area contributed by atoms with Crippen molar-refractivity contribution in [3.05, 3.63) is 41.5 Å². The molecular weight excluding hydrogens is 284 g/mol. The first kappa shape index (κ1) is 11.4. The maximum absolute atomic E-state index is 12.3. The van der Waals surface area contributed by atoms with E-state index in [9.17, 15) is 4.39 Å². The zero-order valence-corrected chi connectivity index (χ0v) is 11.1. The zero-order valence-electron chi connectivity index (χ0n) is 5.78. The summed E-state index contributed by atoms with van der Waals surface area (Å²) in [6, 6.07) is 4.17. The summed E-state index contributed by atoms with van der Waals surface area (Å²) in [5.74, 6) is -0.340. The molecule has 56 valence electrons. The molecule has 0 fully saturated rings. The summed E-state index contributed by atoms with van der Waals surface area (Å²) >= 11 is 9.72. The second-order valence-electron chi connectivity index (χ2n) is 1.78. The average Bonchev–Trinajstić information content (AvgIpc) is 1.88. The van der Waals surface area contributed by atoms with Crippen LogP contribution < -0.4 is 0 Å². The summed E-state index contributed by atoms with van der Waals surface area (Å²) in [5.41, 5.74) is 0.597. The predicted octanol–water partition coefficient (Wildman–Crippen LogP) is 3.50. The van der Waals surface area contributed by atoms with Crippen molar-refractivity contribution in [2.45, 2.75) is 0 Å². The van der Waals surface area contributed by atoms with E-state index in [4.69, 9.17) is 11.6 Å². The van der Waals surface area contributed by atoms with Crippen LogP contribution in [-0.2, 0) is 16.3 Å². The summed E-state index contributed by atoms with van der Waals surface area (Å²) in [5, 5.41) is 0.389. The Morgan fingerprint density at radius 1 is 1.36 bits per heavy atom. The molecule has 0 radical (unpaired) electrons. The van der Waals surface area contributed by atoms with Crippen molar-refractivity contribution in [1.29, 1.82) is 0 Å². The number of rotatable bonds is 0. The summed E-state index contributed by atoms with van der Waals surface area (Å²) in [6.45, 7) is 3.52. The van der Waals surface area contributed by atoms with Crippen LogP contribution in [0.15, 0.2) is 18.2 Å². The second kappa shape index (κ2) is 5.99. The molecule has 0 aliphatic rings. The van der Waals surface area contributed by atoms with Gasteiger partial charge >= 0.3 is 30.0 Å². The van der Waals surface area contributed by atoms with E-state index in [0.717, 1.165) is 0 Å². The molecule has 0 atom stereocenters. The molecule has 1 rings (SSSR count). The average molecular weight is 289 g/mol. The van der Waals surface area contributed by atoms with Gasteiger partial charge in [-0.2, -0.15) is 12.5 Å². The Morgan fingerprint density at radius 2 is 1.91 bits per heavy atom. The fraction of sp³-hybridized carbons (Fsp3) is 0. The third-order valence-corrected chi connectivity index (χ3v) is 1.14. The van der Waals surface area contributed by atoms with E-state index < -0.39 is 0 Å². The Kier molecular flexibility index (Phi) is 6.21. The van der Waals surface area contributed by atoms with E-state index in [1.54, 1.807) is 6.07 Å². The molecule has 0 saturated heterocycles. The molecule has 0 heterocycles. The summed E-state index contributed by atoms with van der Waals surface area (Å²) in [7, 11) is 0. The van der Waals surface area contributed by atoms with Gasteiger partial charge < -0.3 is 0 Å². The number of benzene rings is 1. The molecule has 0 aliphatic carbocycles. The molecule has 4 heteroatoms. The van der Waals surface area contributed by atoms with Gasteiger partial charge in [0.2, 0.25) is 0 Å². The molecule has 0 unspecified atom stereocenters. The van der Waals surface area contributed by atoms with Gasteiger partial charge in [0.1, 0.15) is 0 Å². The molecule has 0 N–H and O–H groups in total. The van der Waals surface area contributed by atoms with Gasteiger partial charge in [0.25, 0.3) is 0 Å². The van der Waals surface area contributed by atoms with Crippen LogP contribution in [0.2, 0.25) is 5.02 Å². The van der Waals surface area contributed by atoms with Gasteiger partial charge in [0, 0.05) is 0 Å². The molecule has 0 saturated carbocycles. The first-order chi connectivity index (χ1) is 5.18. The SMILES string of the molecule is [CH2-]c1cc(F)cc(Cl)c1.[Zn+][Br]. The molecule has 11 heavy (non-hydrogen) atoms. The van der Waals surface area contributed by atoms with Crippen molar-refractivity contribution >= 4 is 25.2 Å². The minimum atomic E-state index is -0.340. The van der Waals surface area contributed by atoms with E-state index in [-0.39, 0.29) is 5.82 Å². The molecule has 0 aromatic heterocycles. The molecule has 1 aromatic rings. The van der Waals surface area contributed by atoms with Crippen molar-refractivity contribution in [2.75, 3.05) is 0 Å². The molecule has 0 amide bonds. The maximum atomic E-state index is 12.3. The first-order valence-electron chi connectivity index (χ1n) is 2.73. The molecule has 0 aliphatic heterocycles. The van der Waals surface area contributed by atoms with E-state index >= 15 is 0 Å². The summed E-state index contributed by atoms with van der Waals surface area (Å²) in [4.78, 5) is 0. The van der Waals surface area contributed by atoms with Crippen LogP contribution in [0.5, 0.6) is 0 Å². The van der Waals surface area contributed by atoms with Crippen molar-refractivity contribution in [3.8, 4) is 0 Å². The Morgan fingerprint density at radius 3 is 2.27 bits per heavy atom. The van der Waals surface area contributed by atoms with Gasteiger partial charge in [-0.1, -0.05) is 11.6 Å². The molecule has 0 spiro atoms. The van der Waals surface area contributed by atoms with Crippen molar-refractivity contribution < 1.29 is 20.7 Å². The standard InChI is InChI=1S/C7H5ClF.BrH.Zn/c1-5-2-6(8)4-7(9)3-5;;/h2-4H,1H2;1H;/q-1;;+2/p-1. The van der Waals surface area contributed by atoms with Gasteiger partial charge in [-0.15, -0.1) is 12.1 Å². The van der Waals surface area contributed by atoms with Crippen LogP contribution in [0, 0.1) is 12.7 Å². The number of halogens is 3. The topological polar surface area (TPSA) is 0 Å². The van der Waals surface area contributed by atoms with Crippen LogP contribution in [0.4, 0.5) is 4.39 Å². The van der Waals surface area contributed by atoms with Crippen LogP contribution in [0.1, 0.15) is 5.56 Å². The van der Waals surface area contributed by atoms with Gasteiger partial charge in [-0.3, -0.25) is 0 Å². The van der Waals surface area contributed by atoms with E-state index in [1.165, 1.54) is 28.5 Å². The van der Waals surface area contributed by atoms with E-state index in [2.05, 4.69) is 20.5 Å². The first-order valence-corrected chi connectivity index (χ1v) is 10.1. The van der Waals surface area contributed by atoms with Crippen LogP contribution in [-0.4, -0.2) is 0 Å². The normalized spacial score (nSPS) is 8.45. The predicted molar refractivity (Wildman–Crippen MR) is 44.8 cm³/mol. The third kappa shape index (κ3) is 4.78. The third-order valence-electron chi connectivity index (χ3n) is 0.922. The molecular formula is C7H5BrClFZn. The Balaban J connectivity index is 0.000000461. The quantitative estimate of drug-likeness (QED) is 0.506. The van der Waals surface area contributed by atoms with E-state index in [1.807, 2.05) is 0 Å². The summed E-state index contributed by atoms with van der Waals surface area (Å²) < 4.78 is 12.3. The molecule has 0 bridgehead atoms. The minimum absolute atomic E-state index is 0.340. The fourth-order valence-electron chi connectivity index (χ4n) is 0.611. The number of hydrogen-bond donors (Lipinski definition) is 0.